The number of aryl methyl sites for hydroxylation is 1. The summed E-state index contributed by atoms with van der Waals surface area (Å²) in [5.41, 5.74) is 2.65. The number of piperidine rings is 1. The number of pyridine rings is 1. The summed E-state index contributed by atoms with van der Waals surface area (Å²) in [6.45, 7) is 2.80. The molecule has 1 saturated heterocycles. The van der Waals surface area contributed by atoms with Gasteiger partial charge in [-0.3, -0.25) is 4.68 Å². The van der Waals surface area contributed by atoms with Crippen LogP contribution in [0.5, 0.6) is 0 Å². The first-order chi connectivity index (χ1) is 12.0. The maximum Gasteiger partial charge on any atom is 0.246 e. The third kappa shape index (κ3) is 2.73. The number of sulfonamides is 1. The molecule has 25 heavy (non-hydrogen) atoms. The van der Waals surface area contributed by atoms with Gasteiger partial charge < -0.3 is 0 Å². The largest absolute Gasteiger partial charge is 0.272 e. The summed E-state index contributed by atoms with van der Waals surface area (Å²) in [5, 5.41) is 8.23. The lowest BCUT2D eigenvalue weighted by Gasteiger charge is -2.31. The van der Waals surface area contributed by atoms with Crippen LogP contribution in [-0.4, -0.2) is 50.2 Å². The molecule has 0 saturated carbocycles. The molecule has 1 aliphatic heterocycles. The average molecular weight is 360 g/mol. The number of aromatic nitrogens is 5. The van der Waals surface area contributed by atoms with Crippen LogP contribution >= 0.6 is 0 Å². The van der Waals surface area contributed by atoms with Crippen molar-refractivity contribution in [3.8, 4) is 0 Å². The van der Waals surface area contributed by atoms with Gasteiger partial charge in [-0.15, -0.1) is 0 Å². The molecule has 0 amide bonds. The van der Waals surface area contributed by atoms with E-state index in [1.165, 1.54) is 18.1 Å². The van der Waals surface area contributed by atoms with Crippen molar-refractivity contribution < 1.29 is 8.42 Å². The lowest BCUT2D eigenvalue weighted by atomic mass is 9.91. The molecule has 132 valence electrons. The fraction of sp³-hybridized carbons (Fsp3) is 0.438. The van der Waals surface area contributed by atoms with E-state index in [1.54, 1.807) is 27.5 Å². The number of fused-ring (bicyclic) bond motifs is 1. The van der Waals surface area contributed by atoms with Crippen molar-refractivity contribution >= 4 is 15.7 Å². The second-order valence-corrected chi connectivity index (χ2v) is 8.33. The van der Waals surface area contributed by atoms with Crippen LogP contribution in [0.25, 0.3) is 5.65 Å². The zero-order valence-corrected chi connectivity index (χ0v) is 15.0. The van der Waals surface area contributed by atoms with Gasteiger partial charge in [0.1, 0.15) is 11.2 Å². The number of hydrogen-bond donors (Lipinski definition) is 0. The van der Waals surface area contributed by atoms with Gasteiger partial charge >= 0.3 is 0 Å². The Morgan fingerprint density at radius 3 is 2.60 bits per heavy atom. The first-order valence-corrected chi connectivity index (χ1v) is 9.69. The van der Waals surface area contributed by atoms with Crippen LogP contribution in [0.3, 0.4) is 0 Å². The average Bonchev–Trinajstić information content (AvgIpc) is 3.21. The Kier molecular flexibility index (Phi) is 3.84. The number of hydrogen-bond acceptors (Lipinski definition) is 5. The van der Waals surface area contributed by atoms with Gasteiger partial charge in [0, 0.05) is 26.3 Å². The molecule has 0 aromatic carbocycles. The fourth-order valence-electron chi connectivity index (χ4n) is 3.37. The molecule has 3 aromatic heterocycles. The van der Waals surface area contributed by atoms with Gasteiger partial charge in [0.05, 0.1) is 11.9 Å². The van der Waals surface area contributed by atoms with Crippen molar-refractivity contribution in [3.05, 3.63) is 42.1 Å². The van der Waals surface area contributed by atoms with E-state index in [0.29, 0.717) is 29.6 Å². The molecule has 1 fully saturated rings. The van der Waals surface area contributed by atoms with Crippen molar-refractivity contribution in [2.45, 2.75) is 30.6 Å². The molecular weight excluding hydrogens is 340 g/mol. The van der Waals surface area contributed by atoms with Crippen LogP contribution in [0.1, 0.15) is 30.0 Å². The minimum atomic E-state index is -3.48. The molecule has 8 nitrogen and oxygen atoms in total. The summed E-state index contributed by atoms with van der Waals surface area (Å²) in [6.07, 6.45) is 6.54. The summed E-state index contributed by atoms with van der Waals surface area (Å²) in [7, 11) is -1.73. The SMILES string of the molecule is Cc1c(S(=O)(=O)N2CCC(c3ccc4ncnn4c3)CC2)cnn1C. The van der Waals surface area contributed by atoms with Crippen molar-refractivity contribution in [2.75, 3.05) is 13.1 Å². The van der Waals surface area contributed by atoms with Crippen LogP contribution in [0.2, 0.25) is 0 Å². The standard InChI is InChI=1S/C16H20N6O2S/c1-12-15(9-18-20(12)2)25(23,24)21-7-5-13(6-8-21)14-3-4-16-17-11-19-22(16)10-14/h3-4,9-11,13H,5-8H2,1-2H3. The molecule has 0 atom stereocenters. The zero-order chi connectivity index (χ0) is 17.6. The van der Waals surface area contributed by atoms with E-state index in [0.717, 1.165) is 18.5 Å². The maximum absolute atomic E-state index is 12.9. The van der Waals surface area contributed by atoms with E-state index in [2.05, 4.69) is 21.2 Å². The molecule has 0 aliphatic carbocycles. The monoisotopic (exact) mass is 360 g/mol. The highest BCUT2D eigenvalue weighted by Gasteiger charge is 2.32. The van der Waals surface area contributed by atoms with Gasteiger partial charge in [0.25, 0.3) is 0 Å². The Morgan fingerprint density at radius 1 is 1.16 bits per heavy atom. The highest BCUT2D eigenvalue weighted by Crippen LogP contribution is 2.31. The Bertz CT molecular complexity index is 1010. The summed E-state index contributed by atoms with van der Waals surface area (Å²) in [5.74, 6) is 0.329. The second-order valence-electron chi connectivity index (χ2n) is 6.42. The van der Waals surface area contributed by atoms with Crippen LogP contribution in [0.15, 0.2) is 35.7 Å². The molecule has 9 heteroatoms. The number of rotatable bonds is 3. The fourth-order valence-corrected chi connectivity index (χ4v) is 5.03. The van der Waals surface area contributed by atoms with Crippen molar-refractivity contribution in [1.29, 1.82) is 0 Å². The Morgan fingerprint density at radius 2 is 1.92 bits per heavy atom. The van der Waals surface area contributed by atoms with E-state index in [-0.39, 0.29) is 0 Å². The predicted molar refractivity (Wildman–Crippen MR) is 91.7 cm³/mol. The summed E-state index contributed by atoms with van der Waals surface area (Å²) in [4.78, 5) is 4.45. The van der Waals surface area contributed by atoms with E-state index >= 15 is 0 Å². The lowest BCUT2D eigenvalue weighted by Crippen LogP contribution is -2.38. The first kappa shape index (κ1) is 16.2. The van der Waals surface area contributed by atoms with E-state index in [4.69, 9.17) is 0 Å². The first-order valence-electron chi connectivity index (χ1n) is 8.25. The number of nitrogens with zero attached hydrogens (tertiary/aromatic N) is 6. The van der Waals surface area contributed by atoms with Gasteiger partial charge in [0.15, 0.2) is 5.65 Å². The van der Waals surface area contributed by atoms with Crippen molar-refractivity contribution in [1.82, 2.24) is 28.7 Å². The van der Waals surface area contributed by atoms with Gasteiger partial charge in [-0.25, -0.2) is 17.9 Å². The van der Waals surface area contributed by atoms with Crippen LogP contribution in [-0.2, 0) is 17.1 Å². The zero-order valence-electron chi connectivity index (χ0n) is 14.2. The highest BCUT2D eigenvalue weighted by atomic mass is 32.2. The maximum atomic E-state index is 12.9. The third-order valence-corrected chi connectivity index (χ3v) is 7.03. The Balaban J connectivity index is 1.52. The Labute approximate surface area is 146 Å². The van der Waals surface area contributed by atoms with Gasteiger partial charge in [-0.1, -0.05) is 6.07 Å². The lowest BCUT2D eigenvalue weighted by molar-refractivity contribution is 0.319. The summed E-state index contributed by atoms with van der Waals surface area (Å²) >= 11 is 0. The smallest absolute Gasteiger partial charge is 0.246 e. The highest BCUT2D eigenvalue weighted by molar-refractivity contribution is 7.89. The van der Waals surface area contributed by atoms with Crippen LogP contribution in [0, 0.1) is 6.92 Å². The molecule has 0 N–H and O–H groups in total. The molecule has 4 rings (SSSR count). The van der Waals surface area contributed by atoms with Gasteiger partial charge in [-0.2, -0.15) is 14.5 Å². The van der Waals surface area contributed by atoms with Crippen molar-refractivity contribution in [2.24, 2.45) is 7.05 Å². The molecule has 0 unspecified atom stereocenters. The summed E-state index contributed by atoms with van der Waals surface area (Å²) < 4.78 is 30.6. The van der Waals surface area contributed by atoms with E-state index < -0.39 is 10.0 Å². The molecule has 0 radical (unpaired) electrons. The minimum Gasteiger partial charge on any atom is -0.272 e. The molecular formula is C16H20N6O2S. The normalized spacial score (nSPS) is 17.4. The Hall–Kier alpha value is -2.26. The topological polar surface area (TPSA) is 85.4 Å². The van der Waals surface area contributed by atoms with Gasteiger partial charge in [-0.05, 0) is 37.3 Å². The van der Waals surface area contributed by atoms with Crippen LogP contribution in [0.4, 0.5) is 0 Å². The van der Waals surface area contributed by atoms with Crippen molar-refractivity contribution in [3.63, 3.8) is 0 Å². The third-order valence-electron chi connectivity index (χ3n) is 5.03. The second kappa shape index (κ2) is 5.92. The molecule has 4 heterocycles. The molecule has 0 bridgehead atoms. The summed E-state index contributed by atoms with van der Waals surface area (Å²) in [6, 6.07) is 4.01. The van der Waals surface area contributed by atoms with E-state index in [1.807, 2.05) is 12.3 Å². The van der Waals surface area contributed by atoms with Gasteiger partial charge in [0.2, 0.25) is 10.0 Å². The van der Waals surface area contributed by atoms with Crippen LogP contribution < -0.4 is 0 Å². The molecule has 1 aliphatic rings. The molecule has 0 spiro atoms. The van der Waals surface area contributed by atoms with E-state index in [9.17, 15) is 8.42 Å². The minimum absolute atomic E-state index is 0.303. The molecule has 3 aromatic rings. The predicted octanol–water partition coefficient (Wildman–Crippen LogP) is 1.34. The quantitative estimate of drug-likeness (QED) is 0.704.